The lowest BCUT2D eigenvalue weighted by Gasteiger charge is -2.08. The molecule has 0 aliphatic carbocycles. The predicted molar refractivity (Wildman–Crippen MR) is 79.0 cm³/mol. The van der Waals surface area contributed by atoms with E-state index in [0.717, 1.165) is 19.4 Å². The van der Waals surface area contributed by atoms with Crippen molar-refractivity contribution in [3.05, 3.63) is 65.2 Å². The summed E-state index contributed by atoms with van der Waals surface area (Å²) in [4.78, 5) is 0. The van der Waals surface area contributed by atoms with E-state index in [-0.39, 0.29) is 0 Å². The molecule has 2 aromatic rings. The maximum absolute atomic E-state index is 3.47. The minimum Gasteiger partial charge on any atom is -0.381 e. The van der Waals surface area contributed by atoms with Crippen molar-refractivity contribution >= 4 is 5.69 Å². The molecule has 1 nitrogen and oxygen atoms in total. The molecule has 0 fully saturated rings. The first-order valence-corrected chi connectivity index (χ1v) is 6.72. The fourth-order valence-corrected chi connectivity index (χ4v) is 2.00. The third kappa shape index (κ3) is 3.36. The Morgan fingerprint density at radius 3 is 2.11 bits per heavy atom. The Labute approximate surface area is 110 Å². The molecule has 0 saturated carbocycles. The van der Waals surface area contributed by atoms with Crippen LogP contribution < -0.4 is 5.32 Å². The Kier molecular flexibility index (Phi) is 4.40. The van der Waals surface area contributed by atoms with Gasteiger partial charge in [-0.2, -0.15) is 0 Å². The predicted octanol–water partition coefficient (Wildman–Crippen LogP) is 4.42. The van der Waals surface area contributed by atoms with Gasteiger partial charge in [-0.1, -0.05) is 50.2 Å². The van der Waals surface area contributed by atoms with E-state index >= 15 is 0 Å². The second-order valence-corrected chi connectivity index (χ2v) is 4.58. The van der Waals surface area contributed by atoms with Gasteiger partial charge in [0.05, 0.1) is 0 Å². The van der Waals surface area contributed by atoms with Gasteiger partial charge in [0.15, 0.2) is 0 Å². The number of hydrogen-bond donors (Lipinski definition) is 1. The molecule has 1 N–H and O–H groups in total. The van der Waals surface area contributed by atoms with Gasteiger partial charge >= 0.3 is 0 Å². The lowest BCUT2D eigenvalue weighted by atomic mass is 10.1. The lowest BCUT2D eigenvalue weighted by molar-refractivity contribution is 1.10. The van der Waals surface area contributed by atoms with Crippen molar-refractivity contribution in [2.24, 2.45) is 0 Å². The minimum absolute atomic E-state index is 0.886. The zero-order valence-electron chi connectivity index (χ0n) is 11.2. The summed E-state index contributed by atoms with van der Waals surface area (Å²) in [6, 6.07) is 17.5. The SMILES string of the molecule is CCc1ccc(CNc2cccc(CC)c2)cc1. The van der Waals surface area contributed by atoms with Crippen LogP contribution in [0.5, 0.6) is 0 Å². The van der Waals surface area contributed by atoms with Crippen LogP contribution in [0.2, 0.25) is 0 Å². The average molecular weight is 239 g/mol. The van der Waals surface area contributed by atoms with Gasteiger partial charge in [0, 0.05) is 12.2 Å². The quantitative estimate of drug-likeness (QED) is 0.814. The molecule has 18 heavy (non-hydrogen) atoms. The van der Waals surface area contributed by atoms with Gasteiger partial charge in [0.2, 0.25) is 0 Å². The topological polar surface area (TPSA) is 12.0 Å². The number of nitrogens with one attached hydrogen (secondary N) is 1. The fraction of sp³-hybridized carbons (Fsp3) is 0.294. The summed E-state index contributed by atoms with van der Waals surface area (Å²) in [5.74, 6) is 0. The molecule has 0 aliphatic heterocycles. The molecule has 0 aromatic heterocycles. The lowest BCUT2D eigenvalue weighted by Crippen LogP contribution is -1.99. The second kappa shape index (κ2) is 6.25. The van der Waals surface area contributed by atoms with E-state index in [0.29, 0.717) is 0 Å². The summed E-state index contributed by atoms with van der Waals surface area (Å²) >= 11 is 0. The number of rotatable bonds is 5. The van der Waals surface area contributed by atoms with Gasteiger partial charge in [-0.05, 0) is 41.7 Å². The molecule has 0 bridgehead atoms. The van der Waals surface area contributed by atoms with E-state index in [1.807, 2.05) is 0 Å². The normalized spacial score (nSPS) is 10.3. The second-order valence-electron chi connectivity index (χ2n) is 4.58. The minimum atomic E-state index is 0.886. The summed E-state index contributed by atoms with van der Waals surface area (Å²) < 4.78 is 0. The monoisotopic (exact) mass is 239 g/mol. The van der Waals surface area contributed by atoms with Crippen LogP contribution >= 0.6 is 0 Å². The Bertz CT molecular complexity index is 485. The van der Waals surface area contributed by atoms with E-state index in [1.165, 1.54) is 22.4 Å². The van der Waals surface area contributed by atoms with Crippen LogP contribution in [0.25, 0.3) is 0 Å². The Hall–Kier alpha value is -1.76. The number of aryl methyl sites for hydroxylation is 2. The summed E-state index contributed by atoms with van der Waals surface area (Å²) in [6.07, 6.45) is 2.19. The van der Waals surface area contributed by atoms with Crippen LogP contribution in [-0.4, -0.2) is 0 Å². The van der Waals surface area contributed by atoms with E-state index < -0.39 is 0 Å². The maximum atomic E-state index is 3.47. The first-order valence-electron chi connectivity index (χ1n) is 6.72. The highest BCUT2D eigenvalue weighted by Gasteiger charge is 1.96. The molecule has 0 radical (unpaired) electrons. The average Bonchev–Trinajstić information content (AvgIpc) is 2.46. The van der Waals surface area contributed by atoms with E-state index in [2.05, 4.69) is 67.7 Å². The molecule has 0 unspecified atom stereocenters. The van der Waals surface area contributed by atoms with Crippen molar-refractivity contribution in [1.29, 1.82) is 0 Å². The van der Waals surface area contributed by atoms with Crippen LogP contribution in [0.15, 0.2) is 48.5 Å². The number of benzene rings is 2. The Morgan fingerprint density at radius 1 is 0.778 bits per heavy atom. The molecule has 1 heteroatoms. The van der Waals surface area contributed by atoms with Crippen molar-refractivity contribution in [3.8, 4) is 0 Å². The van der Waals surface area contributed by atoms with Crippen LogP contribution in [0.3, 0.4) is 0 Å². The van der Waals surface area contributed by atoms with E-state index in [1.54, 1.807) is 0 Å². The smallest absolute Gasteiger partial charge is 0.0400 e. The van der Waals surface area contributed by atoms with Gasteiger partial charge in [-0.15, -0.1) is 0 Å². The highest BCUT2D eigenvalue weighted by atomic mass is 14.9. The van der Waals surface area contributed by atoms with Crippen molar-refractivity contribution < 1.29 is 0 Å². The third-order valence-electron chi connectivity index (χ3n) is 3.26. The van der Waals surface area contributed by atoms with E-state index in [9.17, 15) is 0 Å². The molecule has 94 valence electrons. The summed E-state index contributed by atoms with van der Waals surface area (Å²) in [5.41, 5.74) is 5.30. The van der Waals surface area contributed by atoms with Crippen LogP contribution in [-0.2, 0) is 19.4 Å². The van der Waals surface area contributed by atoms with Crippen LogP contribution in [0, 0.1) is 0 Å². The standard InChI is InChI=1S/C17H21N/c1-3-14-8-10-16(11-9-14)13-18-17-7-5-6-15(4-2)12-17/h5-12,18H,3-4,13H2,1-2H3. The molecule has 0 spiro atoms. The largest absolute Gasteiger partial charge is 0.381 e. The van der Waals surface area contributed by atoms with Gasteiger partial charge < -0.3 is 5.32 Å². The fourth-order valence-electron chi connectivity index (χ4n) is 2.00. The van der Waals surface area contributed by atoms with Crippen molar-refractivity contribution in [3.63, 3.8) is 0 Å². The molecule has 0 heterocycles. The van der Waals surface area contributed by atoms with Crippen molar-refractivity contribution in [2.75, 3.05) is 5.32 Å². The third-order valence-corrected chi connectivity index (χ3v) is 3.26. The summed E-state index contributed by atoms with van der Waals surface area (Å²) in [7, 11) is 0. The molecule has 2 rings (SSSR count). The number of hydrogen-bond acceptors (Lipinski definition) is 1. The molecular weight excluding hydrogens is 218 g/mol. The Balaban J connectivity index is 1.97. The first-order chi connectivity index (χ1) is 8.81. The van der Waals surface area contributed by atoms with E-state index in [4.69, 9.17) is 0 Å². The van der Waals surface area contributed by atoms with Crippen molar-refractivity contribution in [2.45, 2.75) is 33.2 Å². The number of anilines is 1. The van der Waals surface area contributed by atoms with Crippen LogP contribution in [0.4, 0.5) is 5.69 Å². The molecule has 0 aliphatic rings. The first kappa shape index (κ1) is 12.7. The summed E-state index contributed by atoms with van der Waals surface area (Å²) in [6.45, 7) is 5.25. The van der Waals surface area contributed by atoms with Crippen LogP contribution in [0.1, 0.15) is 30.5 Å². The molecule has 0 saturated heterocycles. The van der Waals surface area contributed by atoms with Gasteiger partial charge in [-0.3, -0.25) is 0 Å². The maximum Gasteiger partial charge on any atom is 0.0400 e. The molecule has 2 aromatic carbocycles. The molecular formula is C17H21N. The highest BCUT2D eigenvalue weighted by Crippen LogP contribution is 2.13. The van der Waals surface area contributed by atoms with Crippen molar-refractivity contribution in [1.82, 2.24) is 0 Å². The van der Waals surface area contributed by atoms with Gasteiger partial charge in [0.1, 0.15) is 0 Å². The zero-order valence-corrected chi connectivity index (χ0v) is 11.2. The van der Waals surface area contributed by atoms with Gasteiger partial charge in [-0.25, -0.2) is 0 Å². The summed E-state index contributed by atoms with van der Waals surface area (Å²) in [5, 5.41) is 3.47. The molecule has 0 amide bonds. The Morgan fingerprint density at radius 2 is 1.44 bits per heavy atom. The molecule has 0 atom stereocenters. The highest BCUT2D eigenvalue weighted by molar-refractivity contribution is 5.46. The van der Waals surface area contributed by atoms with Gasteiger partial charge in [0.25, 0.3) is 0 Å². The zero-order chi connectivity index (χ0) is 12.8.